The highest BCUT2D eigenvalue weighted by Gasteiger charge is 2.28. The van der Waals surface area contributed by atoms with Crippen LogP contribution in [0.2, 0.25) is 0 Å². The third kappa shape index (κ3) is 3.93. The van der Waals surface area contributed by atoms with Crippen LogP contribution in [0.15, 0.2) is 0 Å². The quantitative estimate of drug-likeness (QED) is 0.595. The van der Waals surface area contributed by atoms with Crippen molar-refractivity contribution in [2.24, 2.45) is 11.7 Å². The number of primary amides is 1. The van der Waals surface area contributed by atoms with Gasteiger partial charge in [0, 0.05) is 12.5 Å². The van der Waals surface area contributed by atoms with Crippen molar-refractivity contribution in [1.29, 1.82) is 0 Å². The molecule has 0 radical (unpaired) electrons. The maximum absolute atomic E-state index is 11.5. The number of nitrogens with one attached hydrogen (secondary N) is 2. The van der Waals surface area contributed by atoms with E-state index in [4.69, 9.17) is 5.73 Å². The van der Waals surface area contributed by atoms with Gasteiger partial charge in [0.1, 0.15) is 6.04 Å². The molecular weight excluding hydrogens is 226 g/mol. The molecule has 0 aromatic carbocycles. The van der Waals surface area contributed by atoms with Crippen LogP contribution in [-0.2, 0) is 14.3 Å². The van der Waals surface area contributed by atoms with E-state index in [9.17, 15) is 14.4 Å². The van der Waals surface area contributed by atoms with Crippen LogP contribution in [0.25, 0.3) is 0 Å². The van der Waals surface area contributed by atoms with Gasteiger partial charge in [-0.2, -0.15) is 0 Å². The molecule has 2 atom stereocenters. The number of methoxy groups -OCH3 is 1. The van der Waals surface area contributed by atoms with Crippen molar-refractivity contribution in [2.75, 3.05) is 13.7 Å². The van der Waals surface area contributed by atoms with E-state index < -0.39 is 18.0 Å². The lowest BCUT2D eigenvalue weighted by molar-refractivity contribution is -0.127. The third-order valence-electron chi connectivity index (χ3n) is 2.74. The van der Waals surface area contributed by atoms with Gasteiger partial charge in [-0.05, 0) is 19.3 Å². The molecule has 0 aromatic rings. The summed E-state index contributed by atoms with van der Waals surface area (Å²) in [5, 5.41) is 5.03. The predicted molar refractivity (Wildman–Crippen MR) is 58.9 cm³/mol. The van der Waals surface area contributed by atoms with Gasteiger partial charge in [0.05, 0.1) is 7.11 Å². The van der Waals surface area contributed by atoms with E-state index in [1.165, 1.54) is 7.11 Å². The number of alkyl carbamates (subject to hydrolysis) is 1. The fourth-order valence-corrected chi connectivity index (χ4v) is 1.79. The molecule has 0 aliphatic carbocycles. The van der Waals surface area contributed by atoms with Crippen molar-refractivity contribution in [2.45, 2.75) is 25.3 Å². The molecular formula is C10H17N3O4. The number of ether oxygens (including phenoxy) is 1. The van der Waals surface area contributed by atoms with E-state index in [0.717, 1.165) is 6.42 Å². The summed E-state index contributed by atoms with van der Waals surface area (Å²) in [6.45, 7) is 0.654. The van der Waals surface area contributed by atoms with Crippen LogP contribution < -0.4 is 16.4 Å². The molecule has 1 fully saturated rings. The van der Waals surface area contributed by atoms with Crippen LogP contribution in [0.1, 0.15) is 19.3 Å². The largest absolute Gasteiger partial charge is 0.453 e. The van der Waals surface area contributed by atoms with Crippen LogP contribution in [0.3, 0.4) is 0 Å². The normalized spacial score (nSPS) is 21.2. The zero-order valence-corrected chi connectivity index (χ0v) is 9.69. The molecule has 1 aliphatic heterocycles. The SMILES string of the molecule is COC(=O)N[C@@H](C[C@@H]1CCCNC1=O)C(N)=O. The van der Waals surface area contributed by atoms with E-state index >= 15 is 0 Å². The van der Waals surface area contributed by atoms with Crippen LogP contribution in [0.5, 0.6) is 0 Å². The summed E-state index contributed by atoms with van der Waals surface area (Å²) in [6.07, 6.45) is 1.03. The van der Waals surface area contributed by atoms with Gasteiger partial charge < -0.3 is 21.1 Å². The van der Waals surface area contributed by atoms with E-state index in [2.05, 4.69) is 15.4 Å². The van der Waals surface area contributed by atoms with Crippen molar-refractivity contribution in [3.63, 3.8) is 0 Å². The van der Waals surface area contributed by atoms with Gasteiger partial charge in [-0.3, -0.25) is 9.59 Å². The van der Waals surface area contributed by atoms with Gasteiger partial charge in [0.2, 0.25) is 11.8 Å². The first-order valence-corrected chi connectivity index (χ1v) is 5.46. The van der Waals surface area contributed by atoms with Gasteiger partial charge >= 0.3 is 6.09 Å². The summed E-state index contributed by atoms with van der Waals surface area (Å²) in [5.41, 5.74) is 5.16. The molecule has 1 aliphatic rings. The molecule has 1 saturated heterocycles. The Hall–Kier alpha value is -1.79. The Morgan fingerprint density at radius 2 is 2.35 bits per heavy atom. The number of amides is 3. The molecule has 7 nitrogen and oxygen atoms in total. The van der Waals surface area contributed by atoms with Gasteiger partial charge in [0.25, 0.3) is 0 Å². The number of hydrogen-bond donors (Lipinski definition) is 3. The summed E-state index contributed by atoms with van der Waals surface area (Å²) in [5.74, 6) is -1.07. The molecule has 0 aromatic heterocycles. The van der Waals surface area contributed by atoms with Gasteiger partial charge in [-0.1, -0.05) is 0 Å². The van der Waals surface area contributed by atoms with Crippen LogP contribution in [0, 0.1) is 5.92 Å². The Morgan fingerprint density at radius 3 is 2.88 bits per heavy atom. The van der Waals surface area contributed by atoms with Crippen LogP contribution in [-0.4, -0.2) is 37.6 Å². The fraction of sp³-hybridized carbons (Fsp3) is 0.700. The van der Waals surface area contributed by atoms with Crippen molar-refractivity contribution in [1.82, 2.24) is 10.6 Å². The molecule has 0 bridgehead atoms. The van der Waals surface area contributed by atoms with E-state index in [-0.39, 0.29) is 18.2 Å². The second kappa shape index (κ2) is 6.07. The number of carbonyl (C=O) groups excluding carboxylic acids is 3. The molecule has 96 valence electrons. The first kappa shape index (κ1) is 13.3. The second-order valence-corrected chi connectivity index (χ2v) is 3.96. The van der Waals surface area contributed by atoms with Crippen molar-refractivity contribution >= 4 is 17.9 Å². The lowest BCUT2D eigenvalue weighted by Gasteiger charge is -2.24. The minimum Gasteiger partial charge on any atom is -0.453 e. The van der Waals surface area contributed by atoms with E-state index in [1.807, 2.05) is 0 Å². The van der Waals surface area contributed by atoms with Crippen molar-refractivity contribution in [3.8, 4) is 0 Å². The molecule has 7 heteroatoms. The Kier molecular flexibility index (Phi) is 4.74. The zero-order chi connectivity index (χ0) is 12.8. The minimum absolute atomic E-state index is 0.103. The average Bonchev–Trinajstić information content (AvgIpc) is 2.30. The number of rotatable bonds is 4. The van der Waals surface area contributed by atoms with Crippen LogP contribution >= 0.6 is 0 Å². The lowest BCUT2D eigenvalue weighted by Crippen LogP contribution is -2.48. The van der Waals surface area contributed by atoms with E-state index in [1.54, 1.807) is 0 Å². The highest BCUT2D eigenvalue weighted by molar-refractivity contribution is 5.86. The standard InChI is InChI=1S/C10H17N3O4/c1-17-10(16)13-7(8(11)14)5-6-3-2-4-12-9(6)15/h6-7H,2-5H2,1H3,(H2,11,14)(H,12,15)(H,13,16)/t6-,7-/m0/s1. The van der Waals surface area contributed by atoms with Crippen molar-refractivity contribution in [3.05, 3.63) is 0 Å². The average molecular weight is 243 g/mol. The number of nitrogens with two attached hydrogens (primary N) is 1. The predicted octanol–water partition coefficient (Wildman–Crippen LogP) is -0.887. The Morgan fingerprint density at radius 1 is 1.65 bits per heavy atom. The Balaban J connectivity index is 2.56. The first-order valence-electron chi connectivity index (χ1n) is 5.46. The second-order valence-electron chi connectivity index (χ2n) is 3.96. The zero-order valence-electron chi connectivity index (χ0n) is 9.69. The van der Waals surface area contributed by atoms with Gasteiger partial charge in [-0.25, -0.2) is 4.79 Å². The summed E-state index contributed by atoms with van der Waals surface area (Å²) < 4.78 is 4.39. The van der Waals surface area contributed by atoms with E-state index in [0.29, 0.717) is 13.0 Å². The number of carbonyl (C=O) groups is 3. The maximum Gasteiger partial charge on any atom is 0.407 e. The van der Waals surface area contributed by atoms with Gasteiger partial charge in [0.15, 0.2) is 0 Å². The molecule has 3 amide bonds. The molecule has 0 saturated carbocycles. The molecule has 0 spiro atoms. The maximum atomic E-state index is 11.5. The number of hydrogen-bond acceptors (Lipinski definition) is 4. The highest BCUT2D eigenvalue weighted by atomic mass is 16.5. The Labute approximate surface area is 99.1 Å². The number of piperidine rings is 1. The molecule has 0 unspecified atom stereocenters. The smallest absolute Gasteiger partial charge is 0.407 e. The fourth-order valence-electron chi connectivity index (χ4n) is 1.79. The first-order chi connectivity index (χ1) is 8.04. The summed E-state index contributed by atoms with van der Waals surface area (Å²) in [7, 11) is 1.20. The molecule has 17 heavy (non-hydrogen) atoms. The molecule has 4 N–H and O–H groups in total. The summed E-state index contributed by atoms with van der Waals surface area (Å²) in [4.78, 5) is 33.7. The summed E-state index contributed by atoms with van der Waals surface area (Å²) >= 11 is 0. The molecule has 1 rings (SSSR count). The van der Waals surface area contributed by atoms with Crippen LogP contribution in [0.4, 0.5) is 4.79 Å². The Bertz CT molecular complexity index is 319. The van der Waals surface area contributed by atoms with Crippen molar-refractivity contribution < 1.29 is 19.1 Å². The highest BCUT2D eigenvalue weighted by Crippen LogP contribution is 2.17. The molecule has 1 heterocycles. The monoisotopic (exact) mass is 243 g/mol. The summed E-state index contributed by atoms with van der Waals surface area (Å²) in [6, 6.07) is -0.878. The third-order valence-corrected chi connectivity index (χ3v) is 2.74. The topological polar surface area (TPSA) is 111 Å². The van der Waals surface area contributed by atoms with Gasteiger partial charge in [-0.15, -0.1) is 0 Å². The lowest BCUT2D eigenvalue weighted by atomic mass is 9.91. The minimum atomic E-state index is -0.878.